The van der Waals surface area contributed by atoms with Gasteiger partial charge in [-0.05, 0) is 57.9 Å². The number of hydrogen-bond acceptors (Lipinski definition) is 5. The molecule has 1 aromatic carbocycles. The third-order valence-electron chi connectivity index (χ3n) is 4.80. The number of aryl methyl sites for hydroxylation is 2. The number of amides is 1. The van der Waals surface area contributed by atoms with Crippen LogP contribution in [0.3, 0.4) is 0 Å². The van der Waals surface area contributed by atoms with Crippen molar-refractivity contribution in [3.05, 3.63) is 55.1 Å². The number of hydrogen-bond donors (Lipinski definition) is 1. The van der Waals surface area contributed by atoms with Gasteiger partial charge in [-0.1, -0.05) is 39.8 Å². The van der Waals surface area contributed by atoms with Gasteiger partial charge in [-0.2, -0.15) is 0 Å². The van der Waals surface area contributed by atoms with Gasteiger partial charge in [0.25, 0.3) is 5.56 Å². The molecule has 1 atom stereocenters. The summed E-state index contributed by atoms with van der Waals surface area (Å²) in [6.07, 6.45) is 0. The van der Waals surface area contributed by atoms with Gasteiger partial charge >= 0.3 is 0 Å². The molecule has 29 heavy (non-hydrogen) atoms. The van der Waals surface area contributed by atoms with Gasteiger partial charge in [-0.25, -0.2) is 4.98 Å². The summed E-state index contributed by atoms with van der Waals surface area (Å²) in [5.74, 6) is 0.114. The number of aromatic nitrogens is 2. The summed E-state index contributed by atoms with van der Waals surface area (Å²) >= 11 is 6.25. The molecule has 1 N–H and O–H groups in total. The topological polar surface area (TPSA) is 64.0 Å². The van der Waals surface area contributed by atoms with Crippen molar-refractivity contribution in [3.63, 3.8) is 0 Å². The van der Waals surface area contributed by atoms with E-state index in [1.54, 1.807) is 4.57 Å². The number of thiophene rings is 1. The van der Waals surface area contributed by atoms with Gasteiger partial charge < -0.3 is 5.32 Å². The fourth-order valence-electron chi connectivity index (χ4n) is 3.09. The number of carbonyl (C=O) groups is 1. The molecule has 3 aromatic rings. The first-order valence-corrected chi connectivity index (χ1v) is 12.0. The predicted octanol–water partition coefficient (Wildman–Crippen LogP) is 5.39. The average Bonchev–Trinajstić information content (AvgIpc) is 2.94. The highest BCUT2D eigenvalue weighted by Gasteiger charge is 2.19. The second-order valence-electron chi connectivity index (χ2n) is 7.26. The Morgan fingerprint density at radius 1 is 1.24 bits per heavy atom. The van der Waals surface area contributed by atoms with Gasteiger partial charge in [-0.15, -0.1) is 11.3 Å². The molecule has 0 radical (unpaired) electrons. The maximum atomic E-state index is 13.1. The summed E-state index contributed by atoms with van der Waals surface area (Å²) in [6.45, 7) is 9.85. The van der Waals surface area contributed by atoms with E-state index in [4.69, 9.17) is 4.98 Å². The summed E-state index contributed by atoms with van der Waals surface area (Å²) in [5.41, 5.74) is 2.00. The van der Waals surface area contributed by atoms with E-state index in [9.17, 15) is 9.59 Å². The lowest BCUT2D eigenvalue weighted by Gasteiger charge is -2.17. The standard InChI is InChI=1S/C21H24BrN3O2S2/c1-11(2)25-20(27)18-12(3)14(5)29-19(18)24-21(25)28-10-17(26)23-13(4)15-6-8-16(22)9-7-15/h6-9,11,13H,10H2,1-5H3,(H,23,26). The van der Waals surface area contributed by atoms with Crippen LogP contribution in [0.2, 0.25) is 0 Å². The minimum atomic E-state index is -0.0958. The summed E-state index contributed by atoms with van der Waals surface area (Å²) in [4.78, 5) is 32.1. The van der Waals surface area contributed by atoms with Gasteiger partial charge in [-0.3, -0.25) is 14.2 Å². The smallest absolute Gasteiger partial charge is 0.263 e. The highest BCUT2D eigenvalue weighted by molar-refractivity contribution is 9.10. The van der Waals surface area contributed by atoms with Crippen LogP contribution in [-0.2, 0) is 4.79 Å². The zero-order valence-corrected chi connectivity index (χ0v) is 20.3. The molecule has 0 aliphatic carbocycles. The van der Waals surface area contributed by atoms with Gasteiger partial charge in [0, 0.05) is 15.4 Å². The van der Waals surface area contributed by atoms with E-state index in [0.717, 1.165) is 25.3 Å². The maximum absolute atomic E-state index is 13.1. The molecule has 2 aromatic heterocycles. The monoisotopic (exact) mass is 493 g/mol. The SMILES string of the molecule is Cc1sc2nc(SCC(=O)NC(C)c3ccc(Br)cc3)n(C(C)C)c(=O)c2c1C. The highest BCUT2D eigenvalue weighted by Crippen LogP contribution is 2.29. The summed E-state index contributed by atoms with van der Waals surface area (Å²) < 4.78 is 2.69. The second kappa shape index (κ2) is 9.02. The fourth-order valence-corrected chi connectivity index (χ4v) is 5.37. The van der Waals surface area contributed by atoms with Crippen LogP contribution < -0.4 is 10.9 Å². The lowest BCUT2D eigenvalue weighted by atomic mass is 10.1. The number of benzene rings is 1. The molecule has 5 nitrogen and oxygen atoms in total. The molecular weight excluding hydrogens is 470 g/mol. The minimum Gasteiger partial charge on any atom is -0.349 e. The van der Waals surface area contributed by atoms with Crippen LogP contribution in [0.4, 0.5) is 0 Å². The van der Waals surface area contributed by atoms with Crippen LogP contribution in [0.1, 0.15) is 48.9 Å². The van der Waals surface area contributed by atoms with Crippen molar-refractivity contribution in [1.29, 1.82) is 0 Å². The van der Waals surface area contributed by atoms with Crippen LogP contribution in [0.5, 0.6) is 0 Å². The molecule has 0 bridgehead atoms. The lowest BCUT2D eigenvalue weighted by Crippen LogP contribution is -2.29. The Bertz CT molecular complexity index is 1100. The summed E-state index contributed by atoms with van der Waals surface area (Å²) in [6, 6.07) is 7.74. The molecule has 0 aliphatic rings. The normalized spacial score (nSPS) is 12.5. The Labute approximate surface area is 187 Å². The van der Waals surface area contributed by atoms with Crippen molar-refractivity contribution in [3.8, 4) is 0 Å². The molecular formula is C21H24BrN3O2S2. The van der Waals surface area contributed by atoms with Crippen LogP contribution in [0.25, 0.3) is 10.2 Å². The number of halogens is 1. The second-order valence-corrected chi connectivity index (χ2v) is 10.3. The Balaban J connectivity index is 1.79. The van der Waals surface area contributed by atoms with Gasteiger partial charge in [0.1, 0.15) is 4.83 Å². The molecule has 0 saturated heterocycles. The first-order chi connectivity index (χ1) is 13.7. The van der Waals surface area contributed by atoms with E-state index in [-0.39, 0.29) is 29.3 Å². The third-order valence-corrected chi connectivity index (χ3v) is 7.38. The predicted molar refractivity (Wildman–Crippen MR) is 125 cm³/mol. The first-order valence-electron chi connectivity index (χ1n) is 9.39. The van der Waals surface area contributed by atoms with Crippen molar-refractivity contribution in [2.45, 2.75) is 51.9 Å². The van der Waals surface area contributed by atoms with E-state index >= 15 is 0 Å². The third kappa shape index (κ3) is 4.75. The number of fused-ring (bicyclic) bond motifs is 1. The van der Waals surface area contributed by atoms with Crippen LogP contribution >= 0.6 is 39.0 Å². The molecule has 0 fully saturated rings. The number of rotatable bonds is 6. The molecule has 3 rings (SSSR count). The van der Waals surface area contributed by atoms with Crippen LogP contribution in [0.15, 0.2) is 38.7 Å². The maximum Gasteiger partial charge on any atom is 0.263 e. The molecule has 0 spiro atoms. The Kier molecular flexibility index (Phi) is 6.86. The Morgan fingerprint density at radius 2 is 1.90 bits per heavy atom. The summed E-state index contributed by atoms with van der Waals surface area (Å²) in [7, 11) is 0. The Hall–Kier alpha value is -1.64. The molecule has 1 unspecified atom stereocenters. The zero-order valence-electron chi connectivity index (χ0n) is 17.1. The Morgan fingerprint density at radius 3 is 2.52 bits per heavy atom. The van der Waals surface area contributed by atoms with Crippen molar-refractivity contribution < 1.29 is 4.79 Å². The molecule has 1 amide bonds. The van der Waals surface area contributed by atoms with Crippen LogP contribution in [-0.4, -0.2) is 21.2 Å². The van der Waals surface area contributed by atoms with E-state index in [1.807, 2.05) is 58.9 Å². The van der Waals surface area contributed by atoms with E-state index in [1.165, 1.54) is 23.1 Å². The van der Waals surface area contributed by atoms with Crippen molar-refractivity contribution in [1.82, 2.24) is 14.9 Å². The lowest BCUT2D eigenvalue weighted by molar-refractivity contribution is -0.119. The van der Waals surface area contributed by atoms with Crippen molar-refractivity contribution >= 4 is 55.2 Å². The highest BCUT2D eigenvalue weighted by atomic mass is 79.9. The van der Waals surface area contributed by atoms with Gasteiger partial charge in [0.05, 0.1) is 17.2 Å². The van der Waals surface area contributed by atoms with Gasteiger partial charge in [0.15, 0.2) is 5.16 Å². The summed E-state index contributed by atoms with van der Waals surface area (Å²) in [5, 5.41) is 4.29. The largest absolute Gasteiger partial charge is 0.349 e. The van der Waals surface area contributed by atoms with E-state index < -0.39 is 0 Å². The molecule has 154 valence electrons. The van der Waals surface area contributed by atoms with Crippen molar-refractivity contribution in [2.75, 3.05) is 5.75 Å². The fraction of sp³-hybridized carbons (Fsp3) is 0.381. The van der Waals surface area contributed by atoms with Crippen LogP contribution in [0, 0.1) is 13.8 Å². The van der Waals surface area contributed by atoms with Crippen molar-refractivity contribution in [2.24, 2.45) is 0 Å². The first kappa shape index (κ1) is 22.1. The quantitative estimate of drug-likeness (QED) is 0.369. The zero-order chi connectivity index (χ0) is 21.3. The number of thioether (sulfide) groups is 1. The van der Waals surface area contributed by atoms with E-state index in [0.29, 0.717) is 10.5 Å². The average molecular weight is 494 g/mol. The molecule has 8 heteroatoms. The minimum absolute atomic E-state index is 0.0296. The molecule has 0 aliphatic heterocycles. The van der Waals surface area contributed by atoms with E-state index in [2.05, 4.69) is 21.2 Å². The number of carbonyl (C=O) groups excluding carboxylic acids is 1. The molecule has 2 heterocycles. The van der Waals surface area contributed by atoms with Gasteiger partial charge in [0.2, 0.25) is 5.91 Å². The number of nitrogens with zero attached hydrogens (tertiary/aromatic N) is 2. The molecule has 0 saturated carbocycles. The number of nitrogens with one attached hydrogen (secondary N) is 1.